The summed E-state index contributed by atoms with van der Waals surface area (Å²) in [4.78, 5) is 72.6. The maximum Gasteiger partial charge on any atom is 0.373 e. The van der Waals surface area contributed by atoms with Gasteiger partial charge in [-0.2, -0.15) is 0 Å². The molecule has 6 rings (SSSR count). The standard InChI is InChI=1S/C38H45BN6O6/c1-9-23-18(2)25-17-30-32(22(6)46)20(4)27(42-30)15-26-19(3)24(11-12-31(47)51-8)35(43-26)34-36-33(21(5)28(44-36)16-29(23)41-25)37(48)45(38(34)49)14-10-13-40-39(7)50/h15-17,19,24,40,43-44,50H,9-14H2,1-8H3/t19-,24-/m0/s1. The van der Waals surface area contributed by atoms with Crippen molar-refractivity contribution >= 4 is 63.9 Å². The second-order valence-electron chi connectivity index (χ2n) is 13.7. The van der Waals surface area contributed by atoms with Crippen LogP contribution in [-0.2, 0) is 14.3 Å². The van der Waals surface area contributed by atoms with Crippen molar-refractivity contribution in [2.75, 3.05) is 20.2 Å². The number of rotatable bonds is 10. The molecule has 2 amide bonds. The summed E-state index contributed by atoms with van der Waals surface area (Å²) in [5.74, 6) is -1.82. The first kappa shape index (κ1) is 35.9. The van der Waals surface area contributed by atoms with E-state index in [1.165, 1.54) is 18.9 Å². The van der Waals surface area contributed by atoms with Crippen LogP contribution in [0.15, 0.2) is 18.2 Å². The van der Waals surface area contributed by atoms with Crippen LogP contribution in [0.25, 0.3) is 33.3 Å². The van der Waals surface area contributed by atoms with E-state index in [0.29, 0.717) is 81.9 Å². The second-order valence-corrected chi connectivity index (χ2v) is 13.7. The normalized spacial score (nSPS) is 17.7. The number of nitrogens with one attached hydrogen (secondary N) is 3. The van der Waals surface area contributed by atoms with Crippen molar-refractivity contribution in [2.45, 2.75) is 85.9 Å². The van der Waals surface area contributed by atoms with E-state index in [-0.39, 0.29) is 36.6 Å². The fourth-order valence-electron chi connectivity index (χ4n) is 7.72. The number of fused-ring (bicyclic) bond motifs is 8. The van der Waals surface area contributed by atoms with Gasteiger partial charge in [-0.1, -0.05) is 13.8 Å². The zero-order valence-corrected chi connectivity index (χ0v) is 30.5. The SMILES string of the molecule is CCC1=C(C)c2cc3nc(cc4[nH]c(c5c6[nH]c(cc1n2)c(C)c6C(=O)N(CCCNB(C)O)C5=O)[C@@H](CCC(=O)OC)[C@@H]4C)C(C)=C3C(C)=O. The molecular formula is C38H45BN6O6. The molecule has 13 heteroatoms. The molecule has 0 fully saturated rings. The van der Waals surface area contributed by atoms with Crippen molar-refractivity contribution in [3.05, 3.63) is 69.1 Å². The van der Waals surface area contributed by atoms with Crippen molar-refractivity contribution in [3.63, 3.8) is 0 Å². The van der Waals surface area contributed by atoms with Gasteiger partial charge in [0.15, 0.2) is 5.78 Å². The van der Waals surface area contributed by atoms with Crippen LogP contribution >= 0.6 is 0 Å². The molecule has 0 saturated carbocycles. The molecule has 12 nitrogen and oxygen atoms in total. The largest absolute Gasteiger partial charge is 0.469 e. The van der Waals surface area contributed by atoms with Gasteiger partial charge in [-0.25, -0.2) is 9.97 Å². The van der Waals surface area contributed by atoms with Gasteiger partial charge in [0.25, 0.3) is 11.8 Å². The van der Waals surface area contributed by atoms with E-state index in [0.717, 1.165) is 28.1 Å². The molecule has 2 aromatic rings. The number of carbonyl (C=O) groups excluding carboxylic acids is 4. The number of hydrogen-bond acceptors (Lipinski definition) is 9. The van der Waals surface area contributed by atoms with Crippen molar-refractivity contribution in [1.29, 1.82) is 0 Å². The Hall–Kier alpha value is -4.88. The summed E-state index contributed by atoms with van der Waals surface area (Å²) in [6.45, 7) is 13.5. The number of aryl methyl sites for hydroxylation is 1. The molecule has 266 valence electrons. The van der Waals surface area contributed by atoms with E-state index in [9.17, 15) is 24.2 Å². The molecule has 0 unspecified atom stereocenters. The number of ketones is 1. The number of esters is 1. The highest BCUT2D eigenvalue weighted by atomic mass is 16.5. The Kier molecular flexibility index (Phi) is 9.89. The topological polar surface area (TPSA) is 170 Å². The number of carbonyl (C=O) groups is 4. The lowest BCUT2D eigenvalue weighted by Gasteiger charge is -2.27. The third-order valence-corrected chi connectivity index (χ3v) is 10.6. The van der Waals surface area contributed by atoms with Gasteiger partial charge in [-0.05, 0) is 101 Å². The van der Waals surface area contributed by atoms with Crippen LogP contribution < -0.4 is 5.23 Å². The minimum Gasteiger partial charge on any atom is -0.469 e. The third kappa shape index (κ3) is 6.33. The fraction of sp³-hybridized carbons (Fsp3) is 0.421. The van der Waals surface area contributed by atoms with Gasteiger partial charge in [0.1, 0.15) is 0 Å². The minimum absolute atomic E-state index is 0.102. The first-order valence-corrected chi connectivity index (χ1v) is 17.6. The lowest BCUT2D eigenvalue weighted by atomic mass is 9.84. The summed E-state index contributed by atoms with van der Waals surface area (Å²) >= 11 is 0. The van der Waals surface area contributed by atoms with Gasteiger partial charge in [0, 0.05) is 47.3 Å². The fourth-order valence-corrected chi connectivity index (χ4v) is 7.72. The Bertz CT molecular complexity index is 2120. The number of ether oxygens (including phenoxy) is 1. The molecular weight excluding hydrogens is 647 g/mol. The van der Waals surface area contributed by atoms with Crippen LogP contribution in [0, 0.1) is 6.92 Å². The molecule has 4 aliphatic rings. The monoisotopic (exact) mass is 692 g/mol. The highest BCUT2D eigenvalue weighted by Crippen LogP contribution is 2.44. The molecule has 0 aromatic carbocycles. The number of amides is 2. The molecule has 8 bridgehead atoms. The molecule has 4 aliphatic heterocycles. The molecule has 2 atom stereocenters. The average molecular weight is 693 g/mol. The summed E-state index contributed by atoms with van der Waals surface area (Å²) in [5.41, 5.74) is 9.75. The predicted molar refractivity (Wildman–Crippen MR) is 197 cm³/mol. The van der Waals surface area contributed by atoms with E-state index in [4.69, 9.17) is 14.7 Å². The number of Topliss-reactive ketones (excluding diaryl/α,β-unsaturated/α-hetero) is 1. The molecule has 6 heterocycles. The van der Waals surface area contributed by atoms with Crippen LogP contribution in [0.1, 0.15) is 133 Å². The van der Waals surface area contributed by atoms with Gasteiger partial charge in [-0.3, -0.25) is 24.1 Å². The zero-order valence-electron chi connectivity index (χ0n) is 30.5. The van der Waals surface area contributed by atoms with Crippen molar-refractivity contribution in [2.24, 2.45) is 0 Å². The Morgan fingerprint density at radius 3 is 2.35 bits per heavy atom. The summed E-state index contributed by atoms with van der Waals surface area (Å²) in [7, 11) is 0.625. The Morgan fingerprint density at radius 1 is 1.00 bits per heavy atom. The molecule has 0 aliphatic carbocycles. The number of allylic oxidation sites excluding steroid dienone is 4. The summed E-state index contributed by atoms with van der Waals surface area (Å²) in [5, 5.41) is 12.7. The first-order valence-electron chi connectivity index (χ1n) is 17.6. The van der Waals surface area contributed by atoms with Crippen LogP contribution in [0.2, 0.25) is 6.82 Å². The van der Waals surface area contributed by atoms with Gasteiger partial charge in [0.2, 0.25) is 0 Å². The van der Waals surface area contributed by atoms with Gasteiger partial charge < -0.3 is 25.0 Å². The Balaban J connectivity index is 1.72. The number of hydrogen-bond donors (Lipinski definition) is 4. The van der Waals surface area contributed by atoms with Gasteiger partial charge >= 0.3 is 13.0 Å². The Morgan fingerprint density at radius 2 is 1.69 bits per heavy atom. The summed E-state index contributed by atoms with van der Waals surface area (Å²) in [6.07, 6.45) is 1.64. The number of imide groups is 1. The lowest BCUT2D eigenvalue weighted by Crippen LogP contribution is -2.42. The Labute approximate surface area is 297 Å². The molecule has 51 heavy (non-hydrogen) atoms. The summed E-state index contributed by atoms with van der Waals surface area (Å²) < 4.78 is 4.99. The van der Waals surface area contributed by atoms with Crippen molar-refractivity contribution in [3.8, 4) is 0 Å². The highest BCUT2D eigenvalue weighted by Gasteiger charge is 2.40. The van der Waals surface area contributed by atoms with Crippen LogP contribution in [0.4, 0.5) is 0 Å². The van der Waals surface area contributed by atoms with Gasteiger partial charge in [0.05, 0.1) is 46.5 Å². The highest BCUT2D eigenvalue weighted by molar-refractivity contribution is 6.45. The first-order chi connectivity index (χ1) is 24.3. The average Bonchev–Trinajstić information content (AvgIpc) is 3.76. The smallest absolute Gasteiger partial charge is 0.373 e. The van der Waals surface area contributed by atoms with E-state index in [2.05, 4.69) is 22.1 Å². The molecule has 4 N–H and O–H groups in total. The molecule has 0 radical (unpaired) electrons. The number of methoxy groups -OCH3 is 1. The van der Waals surface area contributed by atoms with Crippen LogP contribution in [0.5, 0.6) is 0 Å². The van der Waals surface area contributed by atoms with Crippen molar-refractivity contribution < 1.29 is 28.9 Å². The maximum absolute atomic E-state index is 14.6. The quantitative estimate of drug-likeness (QED) is 0.105. The predicted octanol–water partition coefficient (Wildman–Crippen LogP) is 5.73. The van der Waals surface area contributed by atoms with E-state index >= 15 is 0 Å². The minimum atomic E-state index is -0.726. The van der Waals surface area contributed by atoms with E-state index in [1.54, 1.807) is 6.82 Å². The van der Waals surface area contributed by atoms with Gasteiger partial charge in [-0.15, -0.1) is 0 Å². The van der Waals surface area contributed by atoms with E-state index < -0.39 is 18.9 Å². The number of aromatic amines is 2. The maximum atomic E-state index is 14.6. The number of aromatic nitrogens is 4. The van der Waals surface area contributed by atoms with Crippen LogP contribution in [-0.4, -0.2) is 80.7 Å². The zero-order chi connectivity index (χ0) is 36.9. The summed E-state index contributed by atoms with van der Waals surface area (Å²) in [6, 6.07) is 5.71. The number of nitrogens with zero attached hydrogens (tertiary/aromatic N) is 3. The second kappa shape index (κ2) is 14.0. The molecule has 0 saturated heterocycles. The number of H-pyrrole nitrogens is 2. The van der Waals surface area contributed by atoms with Crippen LogP contribution in [0.3, 0.4) is 0 Å². The van der Waals surface area contributed by atoms with E-state index in [1.807, 2.05) is 45.9 Å². The van der Waals surface area contributed by atoms with Crippen molar-refractivity contribution in [1.82, 2.24) is 30.1 Å². The lowest BCUT2D eigenvalue weighted by molar-refractivity contribution is -0.140. The molecule has 2 aromatic heterocycles. The third-order valence-electron chi connectivity index (χ3n) is 10.6. The molecule has 0 spiro atoms.